The molecule has 1 N–H and O–H groups in total. The van der Waals surface area contributed by atoms with Gasteiger partial charge in [-0.05, 0) is 31.1 Å². The number of rotatable bonds is 4. The number of hydrogen-bond acceptors (Lipinski definition) is 5. The quantitative estimate of drug-likeness (QED) is 0.811. The zero-order valence-corrected chi connectivity index (χ0v) is 14.4. The van der Waals surface area contributed by atoms with Crippen molar-refractivity contribution in [2.45, 2.75) is 25.6 Å². The molecule has 1 aromatic heterocycles. The van der Waals surface area contributed by atoms with Gasteiger partial charge in [0.15, 0.2) is 16.8 Å². The Bertz CT molecular complexity index is 705. The summed E-state index contributed by atoms with van der Waals surface area (Å²) >= 11 is -1.82. The van der Waals surface area contributed by atoms with Crippen molar-refractivity contribution >= 4 is 22.8 Å². The van der Waals surface area contributed by atoms with Gasteiger partial charge < -0.3 is 14.4 Å². The minimum absolute atomic E-state index is 0.136. The molecule has 10 heteroatoms. The summed E-state index contributed by atoms with van der Waals surface area (Å²) in [5.74, 6) is 1.42. The van der Waals surface area contributed by atoms with Crippen LogP contribution in [-0.4, -0.2) is 50.2 Å². The summed E-state index contributed by atoms with van der Waals surface area (Å²) in [5.41, 5.74) is -0.916. The second-order valence-corrected chi connectivity index (χ2v) is 8.10. The van der Waals surface area contributed by atoms with Crippen LogP contribution in [0.3, 0.4) is 0 Å². The topological polar surface area (TPSA) is 69.6 Å². The number of nitrogens with zero attached hydrogens (tertiary/aromatic N) is 4. The van der Waals surface area contributed by atoms with Crippen molar-refractivity contribution < 1.29 is 21.9 Å². The van der Waals surface area contributed by atoms with Gasteiger partial charge in [-0.15, -0.1) is 0 Å². The largest absolute Gasteiger partial charge is 0.433 e. The molecule has 6 nitrogen and oxygen atoms in total. The van der Waals surface area contributed by atoms with Crippen LogP contribution in [-0.2, 0) is 17.3 Å². The highest BCUT2D eigenvalue weighted by molar-refractivity contribution is 7.79. The summed E-state index contributed by atoms with van der Waals surface area (Å²) in [4.78, 5) is 11.7. The molecular weight excluding hydrogens is 357 g/mol. The lowest BCUT2D eigenvalue weighted by molar-refractivity contribution is -0.141. The zero-order valence-electron chi connectivity index (χ0n) is 13.6. The van der Waals surface area contributed by atoms with Gasteiger partial charge in [-0.3, -0.25) is 0 Å². The maximum Gasteiger partial charge on any atom is 0.433 e. The van der Waals surface area contributed by atoms with Gasteiger partial charge >= 0.3 is 6.18 Å². The average molecular weight is 376 g/mol. The minimum Gasteiger partial charge on any atom is -0.356 e. The van der Waals surface area contributed by atoms with Crippen LogP contribution in [0.4, 0.5) is 24.9 Å². The number of hydrogen-bond donors (Lipinski definition) is 1. The van der Waals surface area contributed by atoms with Crippen LogP contribution in [0.5, 0.6) is 0 Å². The first-order chi connectivity index (χ1) is 11.7. The van der Waals surface area contributed by atoms with Crippen molar-refractivity contribution in [1.29, 1.82) is 0 Å². The predicted molar refractivity (Wildman–Crippen MR) is 86.8 cm³/mol. The standard InChI is InChI=1S/C15H19F3N4O2S/c1-8-2-3-22(8)14-19-12(15(16,17)18)4-13(20-14)21-5-9-10(6-21)11(9)7-25(23)24/h4,8-11H,2-3,5-7H2,1H3,(H,23,24)/t8-,9-,10+,11+/m0/s1. The third-order valence-electron chi connectivity index (χ3n) is 5.60. The summed E-state index contributed by atoms with van der Waals surface area (Å²) in [7, 11) is 0. The number of piperidine rings is 1. The zero-order chi connectivity index (χ0) is 17.9. The van der Waals surface area contributed by atoms with Gasteiger partial charge in [0, 0.05) is 31.7 Å². The van der Waals surface area contributed by atoms with Crippen LogP contribution in [0.15, 0.2) is 6.07 Å². The van der Waals surface area contributed by atoms with E-state index >= 15 is 0 Å². The average Bonchev–Trinajstić information content (AvgIpc) is 2.95. The Kier molecular flexibility index (Phi) is 3.95. The summed E-state index contributed by atoms with van der Waals surface area (Å²) in [6.07, 6.45) is -3.59. The molecular formula is C15H19F3N4O2S. The van der Waals surface area contributed by atoms with Crippen LogP contribution in [0.2, 0.25) is 0 Å². The second kappa shape index (κ2) is 5.80. The minimum atomic E-state index is -4.51. The molecule has 1 saturated carbocycles. The Labute approximate surface area is 145 Å². The lowest BCUT2D eigenvalue weighted by atomic mass is 10.1. The fraction of sp³-hybridized carbons (Fsp3) is 0.733. The molecule has 1 unspecified atom stereocenters. The summed E-state index contributed by atoms with van der Waals surface area (Å²) in [6, 6.07) is 1.16. The first kappa shape index (κ1) is 17.0. The van der Waals surface area contributed by atoms with E-state index in [1.165, 1.54) is 0 Å². The van der Waals surface area contributed by atoms with Crippen LogP contribution >= 0.6 is 0 Å². The van der Waals surface area contributed by atoms with Crippen LogP contribution in [0.1, 0.15) is 19.0 Å². The van der Waals surface area contributed by atoms with Gasteiger partial charge in [-0.2, -0.15) is 18.2 Å². The number of anilines is 2. The number of fused-ring (bicyclic) bond motifs is 1. The first-order valence-electron chi connectivity index (χ1n) is 8.29. The molecule has 25 heavy (non-hydrogen) atoms. The molecule has 1 aliphatic carbocycles. The van der Waals surface area contributed by atoms with Gasteiger partial charge in [0.2, 0.25) is 5.95 Å². The number of alkyl halides is 3. The van der Waals surface area contributed by atoms with Gasteiger partial charge in [0.05, 0.1) is 5.75 Å². The Morgan fingerprint density at radius 2 is 2.00 bits per heavy atom. The van der Waals surface area contributed by atoms with E-state index in [0.717, 1.165) is 12.5 Å². The number of halogens is 3. The fourth-order valence-electron chi connectivity index (χ4n) is 3.92. The maximum absolute atomic E-state index is 13.2. The molecule has 0 spiro atoms. The Balaban J connectivity index is 1.56. The maximum atomic E-state index is 13.2. The predicted octanol–water partition coefficient (Wildman–Crippen LogP) is 2.00. The van der Waals surface area contributed by atoms with E-state index in [4.69, 9.17) is 4.55 Å². The molecule has 0 aromatic carbocycles. The highest BCUT2D eigenvalue weighted by Gasteiger charge is 2.56. The van der Waals surface area contributed by atoms with E-state index < -0.39 is 23.0 Å². The molecule has 2 aliphatic heterocycles. The van der Waals surface area contributed by atoms with Crippen molar-refractivity contribution in [2.24, 2.45) is 17.8 Å². The molecule has 5 atom stereocenters. The van der Waals surface area contributed by atoms with E-state index in [0.29, 0.717) is 25.5 Å². The molecule has 2 saturated heterocycles. The van der Waals surface area contributed by atoms with E-state index in [2.05, 4.69) is 9.97 Å². The van der Waals surface area contributed by atoms with Crippen molar-refractivity contribution in [2.75, 3.05) is 35.2 Å². The van der Waals surface area contributed by atoms with E-state index in [-0.39, 0.29) is 35.5 Å². The normalized spacial score (nSPS) is 32.4. The van der Waals surface area contributed by atoms with E-state index in [1.54, 1.807) is 4.90 Å². The smallest absolute Gasteiger partial charge is 0.356 e. The molecule has 3 fully saturated rings. The van der Waals surface area contributed by atoms with E-state index in [9.17, 15) is 17.4 Å². The molecule has 4 rings (SSSR count). The lowest BCUT2D eigenvalue weighted by Gasteiger charge is -2.39. The molecule has 3 heterocycles. The molecule has 0 radical (unpaired) electrons. The summed E-state index contributed by atoms with van der Waals surface area (Å²) in [6.45, 7) is 3.76. The molecule has 0 bridgehead atoms. The highest BCUT2D eigenvalue weighted by atomic mass is 32.2. The third kappa shape index (κ3) is 3.10. The molecule has 1 aromatic rings. The van der Waals surface area contributed by atoms with Crippen LogP contribution in [0.25, 0.3) is 0 Å². The molecule has 3 aliphatic rings. The van der Waals surface area contributed by atoms with Crippen molar-refractivity contribution in [3.63, 3.8) is 0 Å². The summed E-state index contributed by atoms with van der Waals surface area (Å²) in [5, 5.41) is 0. The van der Waals surface area contributed by atoms with Crippen LogP contribution in [0, 0.1) is 17.8 Å². The molecule has 138 valence electrons. The van der Waals surface area contributed by atoms with Gasteiger partial charge in [0.25, 0.3) is 0 Å². The second-order valence-electron chi connectivity index (χ2n) is 7.12. The summed E-state index contributed by atoms with van der Waals surface area (Å²) < 4.78 is 59.6. The lowest BCUT2D eigenvalue weighted by Crippen LogP contribution is -2.47. The van der Waals surface area contributed by atoms with Crippen molar-refractivity contribution in [3.8, 4) is 0 Å². The molecule has 0 amide bonds. The van der Waals surface area contributed by atoms with Gasteiger partial charge in [-0.1, -0.05) is 0 Å². The monoisotopic (exact) mass is 376 g/mol. The van der Waals surface area contributed by atoms with Gasteiger partial charge in [0.1, 0.15) is 5.82 Å². The fourth-order valence-corrected chi connectivity index (χ4v) is 4.74. The Morgan fingerprint density at radius 1 is 1.32 bits per heavy atom. The van der Waals surface area contributed by atoms with Gasteiger partial charge in [-0.25, -0.2) is 9.19 Å². The van der Waals surface area contributed by atoms with Crippen molar-refractivity contribution in [1.82, 2.24) is 9.97 Å². The van der Waals surface area contributed by atoms with Crippen molar-refractivity contribution in [3.05, 3.63) is 11.8 Å². The number of aromatic nitrogens is 2. The Hall–Kier alpha value is -1.42. The first-order valence-corrected chi connectivity index (χ1v) is 9.57. The Morgan fingerprint density at radius 3 is 2.48 bits per heavy atom. The SMILES string of the molecule is C[C@H]1CCN1c1nc(N2C[C@@H]3[C@H](C2)[C@H]3CS(=O)O)cc(C(F)(F)F)n1. The highest BCUT2D eigenvalue weighted by Crippen LogP contribution is 2.52. The van der Waals surface area contributed by atoms with E-state index in [1.807, 2.05) is 11.8 Å². The third-order valence-corrected chi connectivity index (χ3v) is 6.27. The van der Waals surface area contributed by atoms with Crippen LogP contribution < -0.4 is 9.80 Å².